The fraction of sp³-hybridized carbons (Fsp3) is 0.273. The number of carbonyl (C=O) groups excluding carboxylic acids is 3. The van der Waals surface area contributed by atoms with Crippen molar-refractivity contribution in [3.05, 3.63) is 94.0 Å². The minimum absolute atomic E-state index is 0.0316. The second-order valence-electron chi connectivity index (χ2n) is 10.9. The first-order valence-corrected chi connectivity index (χ1v) is 19.6. The predicted octanol–water partition coefficient (Wildman–Crippen LogP) is 8.95. The van der Waals surface area contributed by atoms with Gasteiger partial charge in [-0.3, -0.25) is 15.8 Å². The van der Waals surface area contributed by atoms with E-state index in [0.29, 0.717) is 12.3 Å². The number of hydrogen-bond acceptors (Lipinski definition) is 13. The van der Waals surface area contributed by atoms with Crippen molar-refractivity contribution in [1.82, 2.24) is 15.0 Å². The van der Waals surface area contributed by atoms with Crippen molar-refractivity contribution in [2.45, 2.75) is 32.2 Å². The van der Waals surface area contributed by atoms with Gasteiger partial charge in [0.25, 0.3) is 0 Å². The number of benzene rings is 1. The molecule has 1 aromatic carbocycles. The molecule has 4 aromatic rings. The zero-order chi connectivity index (χ0) is 44.7. The van der Waals surface area contributed by atoms with Crippen LogP contribution in [-0.2, 0) is 22.9 Å². The van der Waals surface area contributed by atoms with Gasteiger partial charge in [0.15, 0.2) is 5.75 Å². The molecule has 0 radical (unpaired) electrons. The van der Waals surface area contributed by atoms with Gasteiger partial charge < -0.3 is 23.7 Å². The summed E-state index contributed by atoms with van der Waals surface area (Å²) in [6.45, 7) is 4.32. The number of carbonyl (C=O) groups is 3. The first kappa shape index (κ1) is 49.2. The third kappa shape index (κ3) is 16.8. The smallest absolute Gasteiger partial charge is 0.453 e. The van der Waals surface area contributed by atoms with Crippen molar-refractivity contribution >= 4 is 55.6 Å². The van der Waals surface area contributed by atoms with Crippen LogP contribution in [0.5, 0.6) is 11.6 Å². The summed E-state index contributed by atoms with van der Waals surface area (Å²) in [4.78, 5) is 43.8. The molecule has 5 rings (SSSR count). The van der Waals surface area contributed by atoms with Gasteiger partial charge in [-0.25, -0.2) is 24.4 Å². The van der Waals surface area contributed by atoms with E-state index >= 15 is 0 Å². The number of fused-ring (bicyclic) bond motifs is 1. The van der Waals surface area contributed by atoms with Crippen molar-refractivity contribution < 1.29 is 85.9 Å². The number of ether oxygens (including phenoxy) is 5. The molecule has 0 aliphatic carbocycles. The van der Waals surface area contributed by atoms with Crippen LogP contribution in [0.4, 0.5) is 71.0 Å². The van der Waals surface area contributed by atoms with Crippen LogP contribution in [0.25, 0.3) is 0 Å². The van der Waals surface area contributed by atoms with Crippen molar-refractivity contribution in [3.63, 3.8) is 0 Å². The molecule has 0 unspecified atom stereocenters. The molecule has 3 aromatic heterocycles. The van der Waals surface area contributed by atoms with Crippen LogP contribution in [0.1, 0.15) is 19.4 Å². The summed E-state index contributed by atoms with van der Waals surface area (Å²) < 4.78 is 136. The Kier molecular flexibility index (Phi) is 18.1. The van der Waals surface area contributed by atoms with E-state index in [-0.39, 0.29) is 16.4 Å². The summed E-state index contributed by atoms with van der Waals surface area (Å²) in [5, 5.41) is 13.1. The number of methoxy groups -OCH3 is 3. The van der Waals surface area contributed by atoms with Gasteiger partial charge in [-0.15, -0.1) is 26.3 Å². The average Bonchev–Trinajstić information content (AvgIpc) is 3.40. The third-order valence-electron chi connectivity index (χ3n) is 6.36. The molecule has 3 N–H and O–H groups in total. The number of pyridine rings is 3. The molecular weight excluding hydrogens is 938 g/mol. The standard InChI is InChI=1S/C10H13IO.2C8H6F4N2O3.C7H7FN2O3/c1-10(2)8-6-4-5-7-9(8)11(3)12-10;1-16-7(15)14-4-3-13-6(9)2-5(4)17-8(10,11)12;1-16-7(15)13-4-2-3-5(9)14-6(4)17-8(10,11)12;1-13-7(11)10(12)5-2-3-6(8)9-4-5/h4-7H,1-3H3;2-3H,1H3,(H,14,15);2-3H,1H3,(H,13,15);2-4,12H,1H3. The van der Waals surface area contributed by atoms with Crippen LogP contribution >= 0.6 is 20.2 Å². The zero-order valence-corrected chi connectivity index (χ0v) is 33.2. The van der Waals surface area contributed by atoms with Gasteiger partial charge in [0.2, 0.25) is 23.7 Å². The largest absolute Gasteiger partial charge is 0.574 e. The molecular formula is C33H32F9IN6O10. The van der Waals surface area contributed by atoms with Crippen molar-refractivity contribution in [3.8, 4) is 11.6 Å². The molecule has 1 aliphatic heterocycles. The number of alkyl halides is 7. The number of hydroxylamine groups is 1. The number of anilines is 3. The van der Waals surface area contributed by atoms with Gasteiger partial charge in [0.05, 0.1) is 39.4 Å². The van der Waals surface area contributed by atoms with Gasteiger partial charge in [-0.1, -0.05) is 0 Å². The molecule has 26 heteroatoms. The van der Waals surface area contributed by atoms with Crippen LogP contribution in [0.15, 0.2) is 67.0 Å². The Hall–Kier alpha value is -5.90. The van der Waals surface area contributed by atoms with Crippen LogP contribution in [0.3, 0.4) is 0 Å². The minimum Gasteiger partial charge on any atom is -0.453 e. The molecule has 324 valence electrons. The number of nitrogens with zero attached hydrogens (tertiary/aromatic N) is 4. The second-order valence-corrected chi connectivity index (χ2v) is 14.9. The SMILES string of the molecule is CI1OC(C)(C)c2ccccc21.COC(=O)N(O)c1ccc(F)nc1.COC(=O)Nc1ccc(F)nc1OC(F)(F)F.COC(=O)Nc1cnc(F)cc1OC(F)(F)F. The summed E-state index contributed by atoms with van der Waals surface area (Å²) in [6.07, 6.45) is -11.4. The Labute approximate surface area is 335 Å². The maximum atomic E-state index is 12.6. The first-order chi connectivity index (χ1) is 27.4. The number of nitrogens with one attached hydrogen (secondary N) is 2. The number of hydrogen-bond donors (Lipinski definition) is 3. The van der Waals surface area contributed by atoms with Gasteiger partial charge in [-0.2, -0.15) is 23.2 Å². The average molecular weight is 971 g/mol. The van der Waals surface area contributed by atoms with Crippen molar-refractivity contribution in [2.75, 3.05) is 42.0 Å². The Morgan fingerprint density at radius 2 is 1.32 bits per heavy atom. The van der Waals surface area contributed by atoms with Gasteiger partial charge in [0.1, 0.15) is 11.4 Å². The molecule has 1 aliphatic rings. The van der Waals surface area contributed by atoms with Gasteiger partial charge in [-0.05, 0) is 24.3 Å². The monoisotopic (exact) mass is 970 g/mol. The number of halogens is 10. The maximum Gasteiger partial charge on any atom is 0.574 e. The van der Waals surface area contributed by atoms with E-state index in [1.807, 2.05) is 10.6 Å². The number of aromatic nitrogens is 3. The van der Waals surface area contributed by atoms with E-state index in [0.717, 1.165) is 45.7 Å². The summed E-state index contributed by atoms with van der Waals surface area (Å²) in [5.74, 6) is -5.08. The summed E-state index contributed by atoms with van der Waals surface area (Å²) in [7, 11) is 3.13. The van der Waals surface area contributed by atoms with Crippen LogP contribution in [0, 0.1) is 21.4 Å². The van der Waals surface area contributed by atoms with E-state index in [1.54, 1.807) is 0 Å². The van der Waals surface area contributed by atoms with E-state index in [4.69, 9.17) is 8.27 Å². The van der Waals surface area contributed by atoms with Gasteiger partial charge >= 0.3 is 112 Å². The molecule has 0 fully saturated rings. The Morgan fingerprint density at radius 3 is 1.85 bits per heavy atom. The molecule has 4 heterocycles. The van der Waals surface area contributed by atoms with E-state index in [2.05, 4.69) is 81.7 Å². The van der Waals surface area contributed by atoms with Crippen LogP contribution < -0.4 is 25.2 Å². The van der Waals surface area contributed by atoms with Crippen LogP contribution in [-0.4, -0.2) is 77.4 Å². The van der Waals surface area contributed by atoms with E-state index in [1.165, 1.54) is 15.2 Å². The Bertz CT molecular complexity index is 1950. The van der Waals surface area contributed by atoms with E-state index in [9.17, 15) is 53.9 Å². The Balaban J connectivity index is 0.000000274. The summed E-state index contributed by atoms with van der Waals surface area (Å²) >= 11 is -1.24. The zero-order valence-electron chi connectivity index (χ0n) is 31.0. The normalized spacial score (nSPS) is 12.9. The molecule has 0 saturated carbocycles. The number of rotatable bonds is 5. The first-order valence-electron chi connectivity index (χ1n) is 15.5. The summed E-state index contributed by atoms with van der Waals surface area (Å²) in [6, 6.07) is 12.8. The fourth-order valence-electron chi connectivity index (χ4n) is 3.98. The topological polar surface area (TPSA) is 193 Å². The number of amides is 3. The molecule has 59 heavy (non-hydrogen) atoms. The fourth-order valence-corrected chi connectivity index (χ4v) is 8.47. The maximum absolute atomic E-state index is 12.6. The predicted molar refractivity (Wildman–Crippen MR) is 194 cm³/mol. The van der Waals surface area contributed by atoms with Crippen molar-refractivity contribution in [2.24, 2.45) is 0 Å². The van der Waals surface area contributed by atoms with Crippen molar-refractivity contribution in [1.29, 1.82) is 0 Å². The second kappa shape index (κ2) is 21.7. The Morgan fingerprint density at radius 1 is 0.763 bits per heavy atom. The third-order valence-corrected chi connectivity index (χ3v) is 10.7. The minimum atomic E-state index is -5.05. The van der Waals surface area contributed by atoms with Gasteiger partial charge in [0, 0.05) is 6.07 Å². The summed E-state index contributed by atoms with van der Waals surface area (Å²) in [5.41, 5.74) is 0.480. The molecule has 0 saturated heterocycles. The molecule has 0 atom stereocenters. The quantitative estimate of drug-likeness (QED) is 0.0327. The molecule has 3 amide bonds. The molecule has 0 spiro atoms. The molecule has 16 nitrogen and oxygen atoms in total. The molecule has 0 bridgehead atoms. The van der Waals surface area contributed by atoms with E-state index < -0.39 is 92.1 Å². The van der Waals surface area contributed by atoms with Crippen LogP contribution in [0.2, 0.25) is 0 Å².